The number of nitrogens with zero attached hydrogens (tertiary/aromatic N) is 1. The molecule has 0 saturated heterocycles. The second kappa shape index (κ2) is 4.26. The van der Waals surface area contributed by atoms with Crippen LogP contribution < -0.4 is 0 Å². The Balaban J connectivity index is 2.38. The maximum Gasteiger partial charge on any atom is 0.302 e. The summed E-state index contributed by atoms with van der Waals surface area (Å²) in [5.74, 6) is -0.835. The Morgan fingerprint density at radius 2 is 2.31 bits per heavy atom. The summed E-state index contributed by atoms with van der Waals surface area (Å²) in [6.07, 6.45) is 1.60. The van der Waals surface area contributed by atoms with Crippen molar-refractivity contribution < 1.29 is 13.9 Å². The van der Waals surface area contributed by atoms with Gasteiger partial charge in [0.1, 0.15) is 12.4 Å². The molecule has 0 radical (unpaired) electrons. The quantitative estimate of drug-likeness (QED) is 0.728. The Morgan fingerprint density at radius 3 is 3.06 bits per heavy atom. The molecule has 0 atom stereocenters. The fourth-order valence-electron chi connectivity index (χ4n) is 1.43. The summed E-state index contributed by atoms with van der Waals surface area (Å²) < 4.78 is 18.3. The Labute approximate surface area is 91.9 Å². The van der Waals surface area contributed by atoms with Crippen molar-refractivity contribution in [3.63, 3.8) is 0 Å². The molecule has 0 bridgehead atoms. The van der Waals surface area contributed by atoms with E-state index in [1.54, 1.807) is 18.3 Å². The second-order valence-corrected chi connectivity index (χ2v) is 3.42. The van der Waals surface area contributed by atoms with Gasteiger partial charge in [0.25, 0.3) is 0 Å². The van der Waals surface area contributed by atoms with E-state index in [9.17, 15) is 9.18 Å². The SMILES string of the molecule is CC(=O)OCc1cc2cccnc2cc1F. The monoisotopic (exact) mass is 219 g/mol. The average Bonchev–Trinajstić information content (AvgIpc) is 2.26. The van der Waals surface area contributed by atoms with Crippen LogP contribution in [-0.4, -0.2) is 11.0 Å². The number of halogens is 1. The molecule has 0 aliphatic carbocycles. The number of carbonyl (C=O) groups excluding carboxylic acids is 1. The summed E-state index contributed by atoms with van der Waals surface area (Å²) in [4.78, 5) is 14.7. The van der Waals surface area contributed by atoms with Gasteiger partial charge in [-0.25, -0.2) is 4.39 Å². The molecule has 2 rings (SSSR count). The molecular weight excluding hydrogens is 209 g/mol. The fraction of sp³-hybridized carbons (Fsp3) is 0.167. The van der Waals surface area contributed by atoms with Gasteiger partial charge < -0.3 is 4.74 Å². The molecular formula is C12H10FNO2. The first kappa shape index (κ1) is 10.5. The zero-order valence-corrected chi connectivity index (χ0v) is 8.74. The summed E-state index contributed by atoms with van der Waals surface area (Å²) in [6.45, 7) is 1.24. The number of pyridine rings is 1. The third-order valence-corrected chi connectivity index (χ3v) is 2.20. The molecule has 1 aromatic carbocycles. The number of benzene rings is 1. The lowest BCUT2D eigenvalue weighted by Crippen LogP contribution is -2.01. The summed E-state index contributed by atoms with van der Waals surface area (Å²) >= 11 is 0. The van der Waals surface area contributed by atoms with E-state index >= 15 is 0 Å². The molecule has 0 unspecified atom stereocenters. The van der Waals surface area contributed by atoms with E-state index in [-0.39, 0.29) is 6.61 Å². The van der Waals surface area contributed by atoms with E-state index in [0.29, 0.717) is 11.1 Å². The first-order valence-electron chi connectivity index (χ1n) is 4.83. The van der Waals surface area contributed by atoms with Gasteiger partial charge in [0, 0.05) is 30.1 Å². The van der Waals surface area contributed by atoms with Crippen molar-refractivity contribution in [1.29, 1.82) is 0 Å². The van der Waals surface area contributed by atoms with Crippen LogP contribution in [0.3, 0.4) is 0 Å². The Kier molecular flexibility index (Phi) is 2.81. The van der Waals surface area contributed by atoms with E-state index in [0.717, 1.165) is 5.39 Å². The molecule has 0 amide bonds. The van der Waals surface area contributed by atoms with Gasteiger partial charge in [-0.2, -0.15) is 0 Å². The van der Waals surface area contributed by atoms with Crippen molar-refractivity contribution in [2.45, 2.75) is 13.5 Å². The molecule has 0 aliphatic heterocycles. The number of esters is 1. The highest BCUT2D eigenvalue weighted by Gasteiger charge is 2.06. The van der Waals surface area contributed by atoms with Crippen molar-refractivity contribution in [2.24, 2.45) is 0 Å². The summed E-state index contributed by atoms with van der Waals surface area (Å²) in [5, 5.41) is 0.825. The molecule has 0 aliphatic rings. The Morgan fingerprint density at radius 1 is 1.50 bits per heavy atom. The van der Waals surface area contributed by atoms with Crippen molar-refractivity contribution in [3.05, 3.63) is 41.8 Å². The van der Waals surface area contributed by atoms with Gasteiger partial charge >= 0.3 is 5.97 Å². The van der Waals surface area contributed by atoms with Crippen LogP contribution in [0.25, 0.3) is 10.9 Å². The van der Waals surface area contributed by atoms with Crippen molar-refractivity contribution in [1.82, 2.24) is 4.98 Å². The molecule has 2 aromatic rings. The summed E-state index contributed by atoms with van der Waals surface area (Å²) in [5.41, 5.74) is 0.947. The third-order valence-electron chi connectivity index (χ3n) is 2.20. The van der Waals surface area contributed by atoms with E-state index in [4.69, 9.17) is 4.74 Å². The number of ether oxygens (including phenoxy) is 1. The van der Waals surface area contributed by atoms with E-state index in [2.05, 4.69) is 4.98 Å². The second-order valence-electron chi connectivity index (χ2n) is 3.42. The highest BCUT2D eigenvalue weighted by atomic mass is 19.1. The minimum absolute atomic E-state index is 0.0496. The van der Waals surface area contributed by atoms with Crippen LogP contribution >= 0.6 is 0 Å². The first-order valence-corrected chi connectivity index (χ1v) is 4.83. The number of aromatic nitrogens is 1. The zero-order chi connectivity index (χ0) is 11.5. The predicted octanol–water partition coefficient (Wildman–Crippen LogP) is 2.44. The normalized spacial score (nSPS) is 10.4. The minimum Gasteiger partial charge on any atom is -0.461 e. The highest BCUT2D eigenvalue weighted by molar-refractivity contribution is 5.79. The smallest absolute Gasteiger partial charge is 0.302 e. The van der Waals surface area contributed by atoms with Gasteiger partial charge in [-0.3, -0.25) is 9.78 Å². The Bertz CT molecular complexity index is 540. The number of fused-ring (bicyclic) bond motifs is 1. The molecule has 1 heterocycles. The summed E-state index contributed by atoms with van der Waals surface area (Å²) in [7, 11) is 0. The average molecular weight is 219 g/mol. The van der Waals surface area contributed by atoms with Crippen LogP contribution in [0.15, 0.2) is 30.5 Å². The minimum atomic E-state index is -0.425. The zero-order valence-electron chi connectivity index (χ0n) is 8.74. The highest BCUT2D eigenvalue weighted by Crippen LogP contribution is 2.17. The number of carbonyl (C=O) groups is 1. The summed E-state index contributed by atoms with van der Waals surface area (Å²) in [6, 6.07) is 6.59. The van der Waals surface area contributed by atoms with Crippen molar-refractivity contribution >= 4 is 16.9 Å². The maximum atomic E-state index is 13.5. The fourth-order valence-corrected chi connectivity index (χ4v) is 1.43. The van der Waals surface area contributed by atoms with Crippen molar-refractivity contribution in [3.8, 4) is 0 Å². The first-order chi connectivity index (χ1) is 7.66. The molecule has 0 spiro atoms. The molecule has 0 N–H and O–H groups in total. The number of rotatable bonds is 2. The lowest BCUT2D eigenvalue weighted by Gasteiger charge is -2.05. The van der Waals surface area contributed by atoms with Crippen LogP contribution in [-0.2, 0) is 16.1 Å². The van der Waals surface area contributed by atoms with Gasteiger partial charge in [0.2, 0.25) is 0 Å². The van der Waals surface area contributed by atoms with Crippen LogP contribution in [0.1, 0.15) is 12.5 Å². The van der Waals surface area contributed by atoms with Crippen LogP contribution in [0.2, 0.25) is 0 Å². The van der Waals surface area contributed by atoms with Gasteiger partial charge in [-0.15, -0.1) is 0 Å². The molecule has 0 fully saturated rings. The Hall–Kier alpha value is -1.97. The lowest BCUT2D eigenvalue weighted by molar-refractivity contribution is -0.142. The van der Waals surface area contributed by atoms with Crippen molar-refractivity contribution in [2.75, 3.05) is 0 Å². The number of hydrogen-bond acceptors (Lipinski definition) is 3. The largest absolute Gasteiger partial charge is 0.461 e. The van der Waals surface area contributed by atoms with Gasteiger partial charge in [-0.05, 0) is 12.1 Å². The maximum absolute atomic E-state index is 13.5. The molecule has 3 nitrogen and oxygen atoms in total. The third kappa shape index (κ3) is 2.16. The molecule has 82 valence electrons. The van der Waals surface area contributed by atoms with E-state index < -0.39 is 11.8 Å². The van der Waals surface area contributed by atoms with E-state index in [1.807, 2.05) is 6.07 Å². The standard InChI is InChI=1S/C12H10FNO2/c1-8(15)16-7-10-5-9-3-2-4-14-12(9)6-11(10)13/h2-6H,7H2,1H3. The van der Waals surface area contributed by atoms with Gasteiger partial charge in [0.05, 0.1) is 5.52 Å². The molecule has 1 aromatic heterocycles. The van der Waals surface area contributed by atoms with Gasteiger partial charge in [-0.1, -0.05) is 6.07 Å². The van der Waals surface area contributed by atoms with Crippen LogP contribution in [0.4, 0.5) is 4.39 Å². The van der Waals surface area contributed by atoms with Crippen LogP contribution in [0.5, 0.6) is 0 Å². The topological polar surface area (TPSA) is 39.2 Å². The number of hydrogen-bond donors (Lipinski definition) is 0. The predicted molar refractivity (Wildman–Crippen MR) is 57.2 cm³/mol. The molecule has 4 heteroatoms. The lowest BCUT2D eigenvalue weighted by atomic mass is 10.1. The van der Waals surface area contributed by atoms with Gasteiger partial charge in [0.15, 0.2) is 0 Å². The molecule has 0 saturated carbocycles. The van der Waals surface area contributed by atoms with Crippen LogP contribution in [0, 0.1) is 5.82 Å². The van der Waals surface area contributed by atoms with E-state index in [1.165, 1.54) is 13.0 Å². The molecule has 16 heavy (non-hydrogen) atoms.